The molecule has 0 aliphatic carbocycles. The number of anilines is 1. The van der Waals surface area contributed by atoms with Gasteiger partial charge in [0.25, 0.3) is 0 Å². The van der Waals surface area contributed by atoms with Gasteiger partial charge in [-0.2, -0.15) is 5.10 Å². The van der Waals surface area contributed by atoms with Gasteiger partial charge in [0.2, 0.25) is 0 Å². The molecule has 124 valence electrons. The number of ether oxygens (including phenoxy) is 1. The van der Waals surface area contributed by atoms with E-state index >= 15 is 0 Å². The summed E-state index contributed by atoms with van der Waals surface area (Å²) in [5, 5.41) is 6.99. The van der Waals surface area contributed by atoms with Gasteiger partial charge in [0.1, 0.15) is 5.75 Å². The molecule has 0 aromatic heterocycles. The number of hydrogen-bond acceptors (Lipinski definition) is 4. The number of nitrogens with zero attached hydrogens (tertiary/aromatic N) is 1. The molecule has 2 N–H and O–H groups in total. The Bertz CT molecular complexity index is 777. The molecule has 0 saturated heterocycles. The number of hydrogen-bond donors (Lipinski definition) is 2. The molecule has 0 spiro atoms. The number of nitrogens with one attached hydrogen (secondary N) is 2. The molecule has 0 fully saturated rings. The van der Waals surface area contributed by atoms with Crippen molar-refractivity contribution in [3.63, 3.8) is 0 Å². The number of amides is 2. The Balaban J connectivity index is 1.91. The first kappa shape index (κ1) is 17.8. The molecule has 0 unspecified atom stereocenters. The highest BCUT2D eigenvalue weighted by Gasteiger charge is 2.12. The summed E-state index contributed by atoms with van der Waals surface area (Å²) in [6.45, 7) is 0. The lowest BCUT2D eigenvalue weighted by molar-refractivity contribution is -0.136. The highest BCUT2D eigenvalue weighted by Crippen LogP contribution is 2.19. The number of methoxy groups -OCH3 is 1. The third-order valence-corrected chi connectivity index (χ3v) is 3.45. The summed E-state index contributed by atoms with van der Waals surface area (Å²) in [6.07, 6.45) is 1.32. The zero-order chi connectivity index (χ0) is 17.5. The van der Waals surface area contributed by atoms with Crippen LogP contribution < -0.4 is 15.5 Å². The highest BCUT2D eigenvalue weighted by atomic mass is 35.5. The minimum Gasteiger partial charge on any atom is -0.497 e. The number of benzene rings is 2. The lowest BCUT2D eigenvalue weighted by Crippen LogP contribution is -2.32. The molecular formula is C16H13Cl2N3O3. The summed E-state index contributed by atoms with van der Waals surface area (Å²) in [5.41, 5.74) is 3.13. The van der Waals surface area contributed by atoms with Crippen molar-refractivity contribution >= 4 is 46.9 Å². The first-order chi connectivity index (χ1) is 11.5. The van der Waals surface area contributed by atoms with E-state index in [1.165, 1.54) is 13.3 Å². The minimum absolute atomic E-state index is 0.378. The van der Waals surface area contributed by atoms with Crippen molar-refractivity contribution in [2.45, 2.75) is 0 Å². The smallest absolute Gasteiger partial charge is 0.329 e. The van der Waals surface area contributed by atoms with Gasteiger partial charge in [0.15, 0.2) is 0 Å². The Hall–Kier alpha value is -2.57. The second kappa shape index (κ2) is 8.33. The average molecular weight is 366 g/mol. The van der Waals surface area contributed by atoms with Crippen molar-refractivity contribution in [2.75, 3.05) is 12.4 Å². The fourth-order valence-corrected chi connectivity index (χ4v) is 2.14. The molecule has 2 aromatic rings. The van der Waals surface area contributed by atoms with Gasteiger partial charge < -0.3 is 10.1 Å². The van der Waals surface area contributed by atoms with Gasteiger partial charge in [-0.05, 0) is 36.4 Å². The Morgan fingerprint density at radius 3 is 2.42 bits per heavy atom. The fourth-order valence-electron chi connectivity index (χ4n) is 1.68. The van der Waals surface area contributed by atoms with E-state index in [9.17, 15) is 9.59 Å². The molecule has 24 heavy (non-hydrogen) atoms. The van der Waals surface area contributed by atoms with E-state index in [2.05, 4.69) is 15.8 Å². The molecule has 0 radical (unpaired) electrons. The highest BCUT2D eigenvalue weighted by molar-refractivity contribution is 6.39. The maximum Gasteiger partial charge on any atom is 0.329 e. The lowest BCUT2D eigenvalue weighted by Gasteiger charge is -2.05. The van der Waals surface area contributed by atoms with Crippen LogP contribution in [0.25, 0.3) is 0 Å². The van der Waals surface area contributed by atoms with Crippen LogP contribution in [0, 0.1) is 0 Å². The fraction of sp³-hybridized carbons (Fsp3) is 0.0625. The summed E-state index contributed by atoms with van der Waals surface area (Å²) in [4.78, 5) is 23.4. The van der Waals surface area contributed by atoms with Crippen molar-refractivity contribution < 1.29 is 14.3 Å². The normalized spacial score (nSPS) is 10.5. The molecule has 0 bridgehead atoms. The van der Waals surface area contributed by atoms with Crippen LogP contribution in [0.3, 0.4) is 0 Å². The van der Waals surface area contributed by atoms with Crippen LogP contribution in [0.2, 0.25) is 10.0 Å². The summed E-state index contributed by atoms with van der Waals surface area (Å²) >= 11 is 11.7. The minimum atomic E-state index is -0.910. The van der Waals surface area contributed by atoms with Crippen molar-refractivity contribution in [2.24, 2.45) is 5.10 Å². The second-order valence-corrected chi connectivity index (χ2v) is 5.39. The van der Waals surface area contributed by atoms with Crippen molar-refractivity contribution in [3.05, 3.63) is 58.1 Å². The van der Waals surface area contributed by atoms with E-state index in [4.69, 9.17) is 27.9 Å². The number of halogens is 2. The van der Waals surface area contributed by atoms with Gasteiger partial charge in [-0.15, -0.1) is 0 Å². The van der Waals surface area contributed by atoms with Gasteiger partial charge in [0.05, 0.1) is 18.3 Å². The summed E-state index contributed by atoms with van der Waals surface area (Å²) in [6, 6.07) is 11.4. The molecule has 0 heterocycles. The van der Waals surface area contributed by atoms with Crippen molar-refractivity contribution in [1.82, 2.24) is 5.43 Å². The number of carbonyl (C=O) groups is 2. The molecule has 2 rings (SSSR count). The zero-order valence-corrected chi connectivity index (χ0v) is 14.1. The monoisotopic (exact) mass is 365 g/mol. The molecule has 0 saturated carbocycles. The largest absolute Gasteiger partial charge is 0.497 e. The Labute approximate surface area is 148 Å². The molecule has 2 amide bonds. The van der Waals surface area contributed by atoms with Gasteiger partial charge >= 0.3 is 11.8 Å². The lowest BCUT2D eigenvalue weighted by atomic mass is 10.2. The molecular weight excluding hydrogens is 353 g/mol. The molecule has 0 atom stereocenters. The summed E-state index contributed by atoms with van der Waals surface area (Å²) < 4.78 is 5.00. The van der Waals surface area contributed by atoms with Crippen LogP contribution in [-0.2, 0) is 9.59 Å². The van der Waals surface area contributed by atoms with Crippen LogP contribution in [0.4, 0.5) is 5.69 Å². The predicted molar refractivity (Wildman–Crippen MR) is 93.8 cm³/mol. The van der Waals surface area contributed by atoms with E-state index in [1.807, 2.05) is 0 Å². The Morgan fingerprint density at radius 2 is 1.79 bits per heavy atom. The van der Waals surface area contributed by atoms with Crippen LogP contribution in [0.5, 0.6) is 5.75 Å². The molecule has 8 heteroatoms. The van der Waals surface area contributed by atoms with Crippen LogP contribution >= 0.6 is 23.2 Å². The van der Waals surface area contributed by atoms with Gasteiger partial charge in [-0.1, -0.05) is 29.3 Å². The molecule has 0 aliphatic rings. The Kier molecular flexibility index (Phi) is 6.17. The van der Waals surface area contributed by atoms with Crippen LogP contribution in [-0.4, -0.2) is 25.1 Å². The van der Waals surface area contributed by atoms with E-state index in [1.54, 1.807) is 42.5 Å². The average Bonchev–Trinajstić information content (AvgIpc) is 2.57. The zero-order valence-electron chi connectivity index (χ0n) is 12.5. The van der Waals surface area contributed by atoms with Gasteiger partial charge in [-0.3, -0.25) is 9.59 Å². The molecule has 6 nitrogen and oxygen atoms in total. The number of rotatable bonds is 4. The van der Waals surface area contributed by atoms with E-state index in [0.717, 1.165) is 0 Å². The van der Waals surface area contributed by atoms with Crippen LogP contribution in [0.1, 0.15) is 5.56 Å². The van der Waals surface area contributed by atoms with E-state index < -0.39 is 11.8 Å². The quantitative estimate of drug-likeness (QED) is 0.496. The van der Waals surface area contributed by atoms with E-state index in [-0.39, 0.29) is 0 Å². The topological polar surface area (TPSA) is 79.8 Å². The van der Waals surface area contributed by atoms with Crippen LogP contribution in [0.15, 0.2) is 47.6 Å². The van der Waals surface area contributed by atoms with Crippen molar-refractivity contribution in [3.8, 4) is 5.75 Å². The third kappa shape index (κ3) is 4.97. The predicted octanol–water partition coefficient (Wildman–Crippen LogP) is 3.09. The SMILES string of the molecule is COc1ccc(NC(=O)C(=O)N/N=C/c2ccc(Cl)cc2Cl)cc1. The molecule has 0 aliphatic heterocycles. The maximum absolute atomic E-state index is 11.7. The standard InChI is InChI=1S/C16H13Cl2N3O3/c1-24-13-6-4-12(5-7-13)20-15(22)16(23)21-19-9-10-2-3-11(17)8-14(10)18/h2-9H,1H3,(H,20,22)(H,21,23)/b19-9+. The summed E-state index contributed by atoms with van der Waals surface area (Å²) in [5.74, 6) is -1.12. The first-order valence-corrected chi connectivity index (χ1v) is 7.48. The number of carbonyl (C=O) groups excluding carboxylic acids is 2. The van der Waals surface area contributed by atoms with E-state index in [0.29, 0.717) is 27.0 Å². The number of hydrazone groups is 1. The second-order valence-electron chi connectivity index (χ2n) is 4.55. The third-order valence-electron chi connectivity index (χ3n) is 2.89. The molecule has 2 aromatic carbocycles. The van der Waals surface area contributed by atoms with Gasteiger partial charge in [0, 0.05) is 16.3 Å². The van der Waals surface area contributed by atoms with Crippen molar-refractivity contribution in [1.29, 1.82) is 0 Å². The first-order valence-electron chi connectivity index (χ1n) is 6.73. The Morgan fingerprint density at radius 1 is 1.08 bits per heavy atom. The van der Waals surface area contributed by atoms with Gasteiger partial charge in [-0.25, -0.2) is 5.43 Å². The maximum atomic E-state index is 11.7. The summed E-state index contributed by atoms with van der Waals surface area (Å²) in [7, 11) is 1.53.